The molecule has 122 valence electrons. The van der Waals surface area contributed by atoms with Crippen LogP contribution in [-0.2, 0) is 4.79 Å². The third-order valence-electron chi connectivity index (χ3n) is 5.46. The number of hydrogen-bond acceptors (Lipinski definition) is 3. The van der Waals surface area contributed by atoms with Gasteiger partial charge >= 0.3 is 0 Å². The van der Waals surface area contributed by atoms with E-state index in [0.29, 0.717) is 12.1 Å². The van der Waals surface area contributed by atoms with E-state index in [1.165, 1.54) is 0 Å². The van der Waals surface area contributed by atoms with Crippen LogP contribution >= 0.6 is 0 Å². The number of nitriles is 1. The molecular formula is C18H28N2O2. The Hall–Kier alpha value is -1.34. The lowest BCUT2D eigenvalue weighted by molar-refractivity contribution is -0.147. The molecule has 0 spiro atoms. The second-order valence-corrected chi connectivity index (χ2v) is 8.76. The number of rotatable bonds is 0. The van der Waals surface area contributed by atoms with Gasteiger partial charge in [-0.05, 0) is 17.8 Å². The molecule has 4 nitrogen and oxygen atoms in total. The van der Waals surface area contributed by atoms with Crippen molar-refractivity contribution < 1.29 is 9.90 Å². The van der Waals surface area contributed by atoms with Crippen LogP contribution in [0.3, 0.4) is 0 Å². The fourth-order valence-corrected chi connectivity index (χ4v) is 4.35. The van der Waals surface area contributed by atoms with E-state index in [1.807, 2.05) is 45.6 Å². The second-order valence-electron chi connectivity index (χ2n) is 8.76. The molecular weight excluding hydrogens is 276 g/mol. The number of fused-ring (bicyclic) bond motifs is 1. The summed E-state index contributed by atoms with van der Waals surface area (Å²) in [7, 11) is 0. The van der Waals surface area contributed by atoms with E-state index in [2.05, 4.69) is 13.0 Å². The Balaban J connectivity index is 2.38. The first kappa shape index (κ1) is 17.0. The van der Waals surface area contributed by atoms with Gasteiger partial charge in [0.05, 0.1) is 17.7 Å². The van der Waals surface area contributed by atoms with Gasteiger partial charge in [-0.2, -0.15) is 5.26 Å². The number of aliphatic hydroxyl groups is 1. The number of amides is 1. The predicted molar refractivity (Wildman–Crippen MR) is 85.7 cm³/mol. The van der Waals surface area contributed by atoms with E-state index < -0.39 is 11.5 Å². The maximum Gasteiger partial charge on any atom is 0.227 e. The molecule has 0 bridgehead atoms. The van der Waals surface area contributed by atoms with Crippen LogP contribution in [0.5, 0.6) is 0 Å². The van der Waals surface area contributed by atoms with Crippen molar-refractivity contribution in [3.63, 3.8) is 0 Å². The number of hydrogen-bond donors (Lipinski definition) is 1. The maximum atomic E-state index is 12.6. The largest absolute Gasteiger partial charge is 0.387 e. The van der Waals surface area contributed by atoms with E-state index in [1.54, 1.807) is 0 Å². The van der Waals surface area contributed by atoms with Gasteiger partial charge in [-0.1, -0.05) is 47.6 Å². The van der Waals surface area contributed by atoms with E-state index in [4.69, 9.17) is 0 Å². The van der Waals surface area contributed by atoms with Crippen LogP contribution in [0.15, 0.2) is 11.6 Å². The first-order valence-electron chi connectivity index (χ1n) is 8.04. The first-order chi connectivity index (χ1) is 9.93. The number of aliphatic hydroxyl groups excluding tert-OH is 1. The molecule has 1 aliphatic heterocycles. The Bertz CT molecular complexity index is 550. The first-order valence-corrected chi connectivity index (χ1v) is 8.04. The van der Waals surface area contributed by atoms with Crippen molar-refractivity contribution in [3.05, 3.63) is 11.6 Å². The maximum absolute atomic E-state index is 12.6. The van der Waals surface area contributed by atoms with Crippen molar-refractivity contribution in [2.75, 3.05) is 13.1 Å². The minimum atomic E-state index is -0.722. The van der Waals surface area contributed by atoms with E-state index in [-0.39, 0.29) is 22.7 Å². The number of carbonyl (C=O) groups excluding carboxylic acids is 1. The summed E-state index contributed by atoms with van der Waals surface area (Å²) in [6.07, 6.45) is 2.05. The van der Waals surface area contributed by atoms with Crippen LogP contribution in [-0.4, -0.2) is 35.1 Å². The topological polar surface area (TPSA) is 64.3 Å². The number of piperidine rings is 1. The third kappa shape index (κ3) is 2.56. The Morgan fingerprint density at radius 3 is 2.50 bits per heavy atom. The second kappa shape index (κ2) is 5.09. The highest BCUT2D eigenvalue weighted by molar-refractivity contribution is 5.81. The van der Waals surface area contributed by atoms with Gasteiger partial charge < -0.3 is 10.0 Å². The minimum absolute atomic E-state index is 0.156. The Morgan fingerprint density at radius 1 is 1.41 bits per heavy atom. The molecule has 3 atom stereocenters. The van der Waals surface area contributed by atoms with Crippen LogP contribution in [0.25, 0.3) is 0 Å². The van der Waals surface area contributed by atoms with Gasteiger partial charge in [0.25, 0.3) is 0 Å². The van der Waals surface area contributed by atoms with Crippen molar-refractivity contribution >= 4 is 5.91 Å². The molecule has 1 heterocycles. The summed E-state index contributed by atoms with van der Waals surface area (Å²) in [6.45, 7) is 13.3. The molecule has 1 aliphatic carbocycles. The predicted octanol–water partition coefficient (Wildman–Crippen LogP) is 2.74. The molecule has 4 heteroatoms. The molecule has 2 rings (SSSR count). The van der Waals surface area contributed by atoms with Crippen LogP contribution in [0.4, 0.5) is 0 Å². The fourth-order valence-electron chi connectivity index (χ4n) is 4.35. The summed E-state index contributed by atoms with van der Waals surface area (Å²) in [5.74, 6) is 0.416. The van der Waals surface area contributed by atoms with E-state index in [9.17, 15) is 15.2 Å². The van der Waals surface area contributed by atoms with Crippen LogP contribution < -0.4 is 0 Å². The molecule has 0 aromatic heterocycles. The SMILES string of the molecule is CC(C)(C)C(=O)N1CC[C@@H]2C(C)(C)C(O)C(C#N)=C[C@@]2(C)C1. The van der Waals surface area contributed by atoms with Crippen LogP contribution in [0.1, 0.15) is 48.0 Å². The molecule has 1 saturated heterocycles. The third-order valence-corrected chi connectivity index (χ3v) is 5.46. The number of nitrogens with zero attached hydrogens (tertiary/aromatic N) is 2. The molecule has 0 aromatic rings. The van der Waals surface area contributed by atoms with Gasteiger partial charge in [0.15, 0.2) is 0 Å². The molecule has 0 aromatic carbocycles. The lowest BCUT2D eigenvalue weighted by Crippen LogP contribution is -2.58. The van der Waals surface area contributed by atoms with Gasteiger partial charge in [-0.15, -0.1) is 0 Å². The summed E-state index contributed by atoms with van der Waals surface area (Å²) in [5.41, 5.74) is -0.568. The summed E-state index contributed by atoms with van der Waals surface area (Å²) in [6, 6.07) is 2.15. The monoisotopic (exact) mass is 304 g/mol. The number of carbonyl (C=O) groups is 1. The van der Waals surface area contributed by atoms with Crippen molar-refractivity contribution in [1.29, 1.82) is 5.26 Å². The average Bonchev–Trinajstić information content (AvgIpc) is 2.40. The van der Waals surface area contributed by atoms with E-state index >= 15 is 0 Å². The van der Waals surface area contributed by atoms with Gasteiger partial charge in [0.2, 0.25) is 5.91 Å². The van der Waals surface area contributed by atoms with Crippen molar-refractivity contribution in [1.82, 2.24) is 4.90 Å². The molecule has 1 fully saturated rings. The van der Waals surface area contributed by atoms with Gasteiger partial charge in [-0.25, -0.2) is 0 Å². The molecule has 0 saturated carbocycles. The molecule has 22 heavy (non-hydrogen) atoms. The van der Waals surface area contributed by atoms with Crippen LogP contribution in [0.2, 0.25) is 0 Å². The summed E-state index contributed by atoms with van der Waals surface area (Å²) >= 11 is 0. The summed E-state index contributed by atoms with van der Waals surface area (Å²) in [5, 5.41) is 19.8. The fraction of sp³-hybridized carbons (Fsp3) is 0.778. The quantitative estimate of drug-likeness (QED) is 0.748. The van der Waals surface area contributed by atoms with Crippen molar-refractivity contribution in [2.24, 2.45) is 22.2 Å². The molecule has 2 aliphatic rings. The van der Waals surface area contributed by atoms with Gasteiger partial charge in [0.1, 0.15) is 0 Å². The molecule has 1 N–H and O–H groups in total. The molecule has 0 radical (unpaired) electrons. The standard InChI is InChI=1S/C18H28N2O2/c1-16(2,3)15(22)20-8-7-13-17(4,5)14(21)12(10-19)9-18(13,6)11-20/h9,13-14,21H,7-8,11H2,1-6H3/t13-,14?,18+/m1/s1. The molecule has 1 amide bonds. The minimum Gasteiger partial charge on any atom is -0.387 e. The highest BCUT2D eigenvalue weighted by Gasteiger charge is 2.54. The average molecular weight is 304 g/mol. The Labute approximate surface area is 133 Å². The van der Waals surface area contributed by atoms with Gasteiger partial charge in [-0.3, -0.25) is 4.79 Å². The summed E-state index contributed by atoms with van der Waals surface area (Å²) in [4.78, 5) is 14.5. The highest BCUT2D eigenvalue weighted by Crippen LogP contribution is 2.53. The number of likely N-dealkylation sites (tertiary alicyclic amines) is 1. The Morgan fingerprint density at radius 2 is 2.00 bits per heavy atom. The molecule has 1 unspecified atom stereocenters. The smallest absolute Gasteiger partial charge is 0.227 e. The lowest BCUT2D eigenvalue weighted by Gasteiger charge is -2.56. The highest BCUT2D eigenvalue weighted by atomic mass is 16.3. The van der Waals surface area contributed by atoms with Gasteiger partial charge in [0, 0.05) is 23.9 Å². The Kier molecular flexibility index (Phi) is 3.94. The zero-order valence-electron chi connectivity index (χ0n) is 14.6. The van der Waals surface area contributed by atoms with E-state index in [0.717, 1.165) is 13.0 Å². The normalized spacial score (nSPS) is 34.5. The summed E-state index contributed by atoms with van der Waals surface area (Å²) < 4.78 is 0. The van der Waals surface area contributed by atoms with Crippen molar-refractivity contribution in [2.45, 2.75) is 54.1 Å². The van der Waals surface area contributed by atoms with Crippen molar-refractivity contribution in [3.8, 4) is 6.07 Å². The zero-order chi connectivity index (χ0) is 16.9. The van der Waals surface area contributed by atoms with Crippen LogP contribution in [0, 0.1) is 33.5 Å². The lowest BCUT2D eigenvalue weighted by atomic mass is 9.54. The zero-order valence-corrected chi connectivity index (χ0v) is 14.6.